The number of carbonyl (C=O) groups is 1. The highest BCUT2D eigenvalue weighted by atomic mass is 35.5. The molecular formula is C18H27ClN2O3S. The SMILES string of the molecule is NC(=O)CN(CCC1CCCCC1)CCS(=O)(=O)c1ccc(Cl)cc1. The van der Waals surface area contributed by atoms with Gasteiger partial charge in [-0.1, -0.05) is 43.7 Å². The summed E-state index contributed by atoms with van der Waals surface area (Å²) in [7, 11) is -3.40. The summed E-state index contributed by atoms with van der Waals surface area (Å²) >= 11 is 5.81. The molecule has 0 heterocycles. The lowest BCUT2D eigenvalue weighted by Gasteiger charge is -2.26. The van der Waals surface area contributed by atoms with Crippen molar-refractivity contribution in [1.82, 2.24) is 4.90 Å². The Morgan fingerprint density at radius 1 is 1.12 bits per heavy atom. The standard InChI is InChI=1S/C18H27ClN2O3S/c19-16-6-8-17(9-7-16)25(23,24)13-12-21(14-18(20)22)11-10-15-4-2-1-3-5-15/h6-9,15H,1-5,10-14H2,(H2,20,22). The van der Waals surface area contributed by atoms with Crippen molar-refractivity contribution in [2.45, 2.75) is 43.4 Å². The number of hydrogen-bond acceptors (Lipinski definition) is 4. The molecule has 5 nitrogen and oxygen atoms in total. The van der Waals surface area contributed by atoms with Crippen LogP contribution in [0.5, 0.6) is 0 Å². The third-order valence-corrected chi connectivity index (χ3v) is 6.77. The van der Waals surface area contributed by atoms with Gasteiger partial charge in [0.15, 0.2) is 9.84 Å². The first-order valence-electron chi connectivity index (χ1n) is 8.86. The summed E-state index contributed by atoms with van der Waals surface area (Å²) in [5.74, 6) is 0.219. The molecule has 2 rings (SSSR count). The van der Waals surface area contributed by atoms with E-state index in [0.717, 1.165) is 6.42 Å². The van der Waals surface area contributed by atoms with E-state index in [2.05, 4.69) is 0 Å². The summed E-state index contributed by atoms with van der Waals surface area (Å²) in [4.78, 5) is 13.4. The molecule has 0 bridgehead atoms. The smallest absolute Gasteiger partial charge is 0.231 e. The molecule has 25 heavy (non-hydrogen) atoms. The molecule has 0 spiro atoms. The van der Waals surface area contributed by atoms with Gasteiger partial charge in [0.1, 0.15) is 0 Å². The van der Waals surface area contributed by atoms with Crippen LogP contribution in [-0.2, 0) is 14.6 Å². The summed E-state index contributed by atoms with van der Waals surface area (Å²) in [6.45, 7) is 1.12. The molecule has 0 aliphatic heterocycles. The second-order valence-corrected chi connectivity index (χ2v) is 9.35. The normalized spacial score (nSPS) is 16.2. The molecule has 1 amide bonds. The van der Waals surface area contributed by atoms with Gasteiger partial charge in [-0.15, -0.1) is 0 Å². The van der Waals surface area contributed by atoms with Gasteiger partial charge in [-0.05, 0) is 43.1 Å². The van der Waals surface area contributed by atoms with Crippen LogP contribution in [0.2, 0.25) is 5.02 Å². The topological polar surface area (TPSA) is 80.5 Å². The van der Waals surface area contributed by atoms with E-state index < -0.39 is 15.7 Å². The number of hydrogen-bond donors (Lipinski definition) is 1. The Balaban J connectivity index is 1.91. The number of amides is 1. The minimum Gasteiger partial charge on any atom is -0.369 e. The maximum atomic E-state index is 12.5. The molecule has 2 N–H and O–H groups in total. The van der Waals surface area contributed by atoms with Crippen LogP contribution in [-0.4, -0.2) is 44.6 Å². The van der Waals surface area contributed by atoms with Crippen LogP contribution in [0, 0.1) is 5.92 Å². The van der Waals surface area contributed by atoms with Crippen LogP contribution in [0.3, 0.4) is 0 Å². The molecule has 0 saturated heterocycles. The van der Waals surface area contributed by atoms with Gasteiger partial charge in [-0.2, -0.15) is 0 Å². The largest absolute Gasteiger partial charge is 0.369 e. The Morgan fingerprint density at radius 3 is 2.36 bits per heavy atom. The van der Waals surface area contributed by atoms with E-state index in [9.17, 15) is 13.2 Å². The maximum Gasteiger partial charge on any atom is 0.231 e. The van der Waals surface area contributed by atoms with Crippen molar-refractivity contribution < 1.29 is 13.2 Å². The van der Waals surface area contributed by atoms with E-state index >= 15 is 0 Å². The van der Waals surface area contributed by atoms with E-state index in [1.165, 1.54) is 44.2 Å². The van der Waals surface area contributed by atoms with Crippen LogP contribution in [0.25, 0.3) is 0 Å². The third kappa shape index (κ3) is 6.96. The van der Waals surface area contributed by atoms with Gasteiger partial charge in [0, 0.05) is 11.6 Å². The van der Waals surface area contributed by atoms with E-state index in [1.54, 1.807) is 12.1 Å². The van der Waals surface area contributed by atoms with Gasteiger partial charge < -0.3 is 5.73 Å². The van der Waals surface area contributed by atoms with Gasteiger partial charge >= 0.3 is 0 Å². The van der Waals surface area contributed by atoms with E-state index in [4.69, 9.17) is 17.3 Å². The molecule has 1 aliphatic rings. The molecule has 0 atom stereocenters. The van der Waals surface area contributed by atoms with Crippen molar-refractivity contribution in [3.63, 3.8) is 0 Å². The number of carbonyl (C=O) groups excluding carboxylic acids is 1. The molecular weight excluding hydrogens is 360 g/mol. The lowest BCUT2D eigenvalue weighted by molar-refractivity contribution is -0.119. The summed E-state index contributed by atoms with van der Waals surface area (Å²) in [5, 5.41) is 0.502. The number of rotatable bonds is 9. The van der Waals surface area contributed by atoms with Crippen LogP contribution in [0.15, 0.2) is 29.2 Å². The molecule has 0 radical (unpaired) electrons. The van der Waals surface area contributed by atoms with Crippen molar-refractivity contribution in [3.8, 4) is 0 Å². The summed E-state index contributed by atoms with van der Waals surface area (Å²) < 4.78 is 24.9. The molecule has 0 aromatic heterocycles. The number of primary amides is 1. The second kappa shape index (κ2) is 9.55. The molecule has 1 aromatic carbocycles. The van der Waals surface area contributed by atoms with E-state index in [-0.39, 0.29) is 17.2 Å². The first kappa shape index (κ1) is 20.2. The minimum absolute atomic E-state index is 0.0351. The van der Waals surface area contributed by atoms with Gasteiger partial charge in [0.05, 0.1) is 17.2 Å². The van der Waals surface area contributed by atoms with Gasteiger partial charge in [-0.25, -0.2) is 8.42 Å². The first-order valence-corrected chi connectivity index (χ1v) is 10.9. The van der Waals surface area contributed by atoms with E-state index in [0.29, 0.717) is 24.0 Å². The molecule has 1 aromatic rings. The number of halogens is 1. The van der Waals surface area contributed by atoms with Gasteiger partial charge in [-0.3, -0.25) is 9.69 Å². The highest BCUT2D eigenvalue weighted by molar-refractivity contribution is 7.91. The molecule has 7 heteroatoms. The Hall–Kier alpha value is -1.11. The highest BCUT2D eigenvalue weighted by Gasteiger charge is 2.19. The number of benzene rings is 1. The zero-order valence-corrected chi connectivity index (χ0v) is 16.1. The van der Waals surface area contributed by atoms with Crippen molar-refractivity contribution in [3.05, 3.63) is 29.3 Å². The van der Waals surface area contributed by atoms with E-state index in [1.807, 2.05) is 4.90 Å². The van der Waals surface area contributed by atoms with Crippen molar-refractivity contribution in [1.29, 1.82) is 0 Å². The van der Waals surface area contributed by atoms with Crippen LogP contribution >= 0.6 is 11.6 Å². The third-order valence-electron chi connectivity index (χ3n) is 4.81. The zero-order valence-electron chi connectivity index (χ0n) is 14.5. The minimum atomic E-state index is -3.40. The van der Waals surface area contributed by atoms with Gasteiger partial charge in [0.2, 0.25) is 5.91 Å². The van der Waals surface area contributed by atoms with Crippen LogP contribution in [0.1, 0.15) is 38.5 Å². The fraction of sp³-hybridized carbons (Fsp3) is 0.611. The van der Waals surface area contributed by atoms with Gasteiger partial charge in [0.25, 0.3) is 0 Å². The number of nitrogens with two attached hydrogens (primary N) is 1. The highest BCUT2D eigenvalue weighted by Crippen LogP contribution is 2.26. The Bertz CT molecular complexity index is 655. The summed E-state index contributed by atoms with van der Waals surface area (Å²) in [6.07, 6.45) is 7.30. The fourth-order valence-corrected chi connectivity index (χ4v) is 4.75. The fourth-order valence-electron chi connectivity index (χ4n) is 3.34. The molecule has 140 valence electrons. The number of sulfone groups is 1. The predicted molar refractivity (Wildman–Crippen MR) is 100 cm³/mol. The van der Waals surface area contributed by atoms with Crippen molar-refractivity contribution in [2.75, 3.05) is 25.4 Å². The Labute approximate surface area is 155 Å². The van der Waals surface area contributed by atoms with Crippen molar-refractivity contribution >= 4 is 27.3 Å². The van der Waals surface area contributed by atoms with Crippen LogP contribution in [0.4, 0.5) is 0 Å². The zero-order chi connectivity index (χ0) is 18.3. The average molecular weight is 387 g/mol. The molecule has 1 fully saturated rings. The maximum absolute atomic E-state index is 12.5. The second-order valence-electron chi connectivity index (χ2n) is 6.81. The molecule has 1 aliphatic carbocycles. The number of nitrogens with zero attached hydrogens (tertiary/aromatic N) is 1. The Morgan fingerprint density at radius 2 is 1.76 bits per heavy atom. The molecule has 0 unspecified atom stereocenters. The lowest BCUT2D eigenvalue weighted by atomic mass is 9.87. The summed E-state index contributed by atoms with van der Waals surface area (Å²) in [6, 6.07) is 6.16. The predicted octanol–water partition coefficient (Wildman–Crippen LogP) is 2.87. The Kier molecular flexibility index (Phi) is 7.72. The van der Waals surface area contributed by atoms with Crippen LogP contribution < -0.4 is 5.73 Å². The first-order chi connectivity index (χ1) is 11.9. The quantitative estimate of drug-likeness (QED) is 0.707. The average Bonchev–Trinajstić information content (AvgIpc) is 2.58. The monoisotopic (exact) mass is 386 g/mol. The molecule has 1 saturated carbocycles. The van der Waals surface area contributed by atoms with Crippen molar-refractivity contribution in [2.24, 2.45) is 11.7 Å². The summed E-state index contributed by atoms with van der Waals surface area (Å²) in [5.41, 5.74) is 5.32. The lowest BCUT2D eigenvalue weighted by Crippen LogP contribution is -2.38.